The summed E-state index contributed by atoms with van der Waals surface area (Å²) in [5.41, 5.74) is 0.613. The SMILES string of the molecule is COc1ccccc1NC(=O)CSc1nnc(NC(=O)c2cccs2)s1. The Morgan fingerprint density at radius 2 is 2.00 bits per heavy atom. The molecule has 2 aromatic heterocycles. The first-order chi connectivity index (χ1) is 12.7. The number of para-hydroxylation sites is 2. The number of amides is 2. The van der Waals surface area contributed by atoms with Gasteiger partial charge in [0, 0.05) is 0 Å². The van der Waals surface area contributed by atoms with E-state index in [1.54, 1.807) is 31.4 Å². The van der Waals surface area contributed by atoms with E-state index in [1.807, 2.05) is 17.5 Å². The van der Waals surface area contributed by atoms with Crippen LogP contribution < -0.4 is 15.4 Å². The molecule has 0 aliphatic heterocycles. The molecule has 0 unspecified atom stereocenters. The molecular formula is C16H14N4O3S3. The van der Waals surface area contributed by atoms with Crippen LogP contribution in [0.25, 0.3) is 0 Å². The molecular weight excluding hydrogens is 392 g/mol. The standard InChI is InChI=1S/C16H14N4O3S3/c1-23-11-6-3-2-5-10(11)17-13(21)9-25-16-20-19-15(26-16)18-14(22)12-7-4-8-24-12/h2-8H,9H2,1H3,(H,17,21)(H,18,19,22). The zero-order valence-corrected chi connectivity index (χ0v) is 16.0. The predicted octanol–water partition coefficient (Wildman–Crippen LogP) is 3.59. The summed E-state index contributed by atoms with van der Waals surface area (Å²) < 4.78 is 5.80. The number of nitrogens with zero attached hydrogens (tertiary/aromatic N) is 2. The van der Waals surface area contributed by atoms with E-state index in [1.165, 1.54) is 34.4 Å². The second-order valence-corrected chi connectivity index (χ2v) is 7.99. The van der Waals surface area contributed by atoms with Crippen LogP contribution in [0.3, 0.4) is 0 Å². The molecule has 0 aliphatic carbocycles. The fourth-order valence-electron chi connectivity index (χ4n) is 1.95. The molecule has 0 saturated carbocycles. The van der Waals surface area contributed by atoms with Gasteiger partial charge < -0.3 is 10.1 Å². The average molecular weight is 407 g/mol. The van der Waals surface area contributed by atoms with Crippen molar-refractivity contribution in [2.75, 3.05) is 23.5 Å². The van der Waals surface area contributed by atoms with Crippen molar-refractivity contribution in [3.8, 4) is 5.75 Å². The smallest absolute Gasteiger partial charge is 0.267 e. The number of carbonyl (C=O) groups is 2. The molecule has 1 aromatic carbocycles. The lowest BCUT2D eigenvalue weighted by atomic mass is 10.3. The van der Waals surface area contributed by atoms with Gasteiger partial charge in [0.25, 0.3) is 5.91 Å². The number of thiophene rings is 1. The second kappa shape index (κ2) is 8.79. The van der Waals surface area contributed by atoms with Crippen molar-refractivity contribution in [2.24, 2.45) is 0 Å². The van der Waals surface area contributed by atoms with Crippen LogP contribution in [0.5, 0.6) is 5.75 Å². The number of rotatable bonds is 7. The second-order valence-electron chi connectivity index (χ2n) is 4.84. The molecule has 0 radical (unpaired) electrons. The molecule has 2 amide bonds. The van der Waals surface area contributed by atoms with Gasteiger partial charge in [0.2, 0.25) is 11.0 Å². The first kappa shape index (κ1) is 18.4. The Labute approximate surface area is 161 Å². The van der Waals surface area contributed by atoms with E-state index in [4.69, 9.17) is 4.74 Å². The molecule has 2 N–H and O–H groups in total. The maximum atomic E-state index is 12.1. The van der Waals surface area contributed by atoms with Gasteiger partial charge >= 0.3 is 0 Å². The summed E-state index contributed by atoms with van der Waals surface area (Å²) in [4.78, 5) is 24.7. The third-order valence-corrected chi connectivity index (χ3v) is 5.92. The van der Waals surface area contributed by atoms with Crippen LogP contribution in [0.1, 0.15) is 9.67 Å². The van der Waals surface area contributed by atoms with E-state index in [2.05, 4.69) is 20.8 Å². The highest BCUT2D eigenvalue weighted by Crippen LogP contribution is 2.27. The molecule has 7 nitrogen and oxygen atoms in total. The Balaban J connectivity index is 1.51. The fraction of sp³-hybridized carbons (Fsp3) is 0.125. The van der Waals surface area contributed by atoms with Gasteiger partial charge in [-0.25, -0.2) is 0 Å². The topological polar surface area (TPSA) is 93.2 Å². The highest BCUT2D eigenvalue weighted by atomic mass is 32.2. The first-order valence-corrected chi connectivity index (χ1v) is 10.1. The third kappa shape index (κ3) is 4.81. The lowest BCUT2D eigenvalue weighted by Gasteiger charge is -2.08. The van der Waals surface area contributed by atoms with Crippen molar-refractivity contribution in [1.82, 2.24) is 10.2 Å². The summed E-state index contributed by atoms with van der Waals surface area (Å²) in [6, 6.07) is 10.7. The van der Waals surface area contributed by atoms with Gasteiger partial charge in [-0.2, -0.15) is 0 Å². The summed E-state index contributed by atoms with van der Waals surface area (Å²) in [6.45, 7) is 0. The highest BCUT2D eigenvalue weighted by Gasteiger charge is 2.13. The number of thioether (sulfide) groups is 1. The Kier molecular flexibility index (Phi) is 6.21. The normalized spacial score (nSPS) is 10.3. The lowest BCUT2D eigenvalue weighted by molar-refractivity contribution is -0.113. The maximum absolute atomic E-state index is 12.1. The predicted molar refractivity (Wildman–Crippen MR) is 105 cm³/mol. The fourth-order valence-corrected chi connectivity index (χ4v) is 4.11. The minimum atomic E-state index is -0.221. The van der Waals surface area contributed by atoms with Crippen molar-refractivity contribution < 1.29 is 14.3 Å². The molecule has 0 spiro atoms. The van der Waals surface area contributed by atoms with E-state index in [0.717, 1.165) is 0 Å². The van der Waals surface area contributed by atoms with Crippen LogP contribution in [0, 0.1) is 0 Å². The molecule has 3 aromatic rings. The van der Waals surface area contributed by atoms with Crippen LogP contribution in [-0.2, 0) is 4.79 Å². The van der Waals surface area contributed by atoms with Crippen molar-refractivity contribution >= 4 is 57.1 Å². The maximum Gasteiger partial charge on any atom is 0.267 e. The third-order valence-electron chi connectivity index (χ3n) is 3.08. The van der Waals surface area contributed by atoms with Gasteiger partial charge in [-0.15, -0.1) is 21.5 Å². The number of ether oxygens (including phenoxy) is 1. The van der Waals surface area contributed by atoms with E-state index >= 15 is 0 Å². The Morgan fingerprint density at radius 1 is 1.15 bits per heavy atom. The molecule has 0 fully saturated rings. The van der Waals surface area contributed by atoms with E-state index in [-0.39, 0.29) is 17.6 Å². The average Bonchev–Trinajstić information content (AvgIpc) is 3.32. The molecule has 0 saturated heterocycles. The zero-order valence-electron chi connectivity index (χ0n) is 13.6. The van der Waals surface area contributed by atoms with Gasteiger partial charge in [0.15, 0.2) is 4.34 Å². The first-order valence-electron chi connectivity index (χ1n) is 7.39. The van der Waals surface area contributed by atoms with Gasteiger partial charge in [-0.05, 0) is 23.6 Å². The summed E-state index contributed by atoms with van der Waals surface area (Å²) in [7, 11) is 1.55. The van der Waals surface area contributed by atoms with Gasteiger partial charge in [-0.3, -0.25) is 14.9 Å². The highest BCUT2D eigenvalue weighted by molar-refractivity contribution is 8.01. The van der Waals surface area contributed by atoms with Gasteiger partial charge in [0.1, 0.15) is 5.75 Å². The van der Waals surface area contributed by atoms with Crippen LogP contribution in [0.4, 0.5) is 10.8 Å². The molecule has 26 heavy (non-hydrogen) atoms. The summed E-state index contributed by atoms with van der Waals surface area (Å²) in [5.74, 6) is 0.367. The molecule has 134 valence electrons. The monoisotopic (exact) mass is 406 g/mol. The Bertz CT molecular complexity index is 896. The number of benzene rings is 1. The van der Waals surface area contributed by atoms with E-state index in [9.17, 15) is 9.59 Å². The van der Waals surface area contributed by atoms with Crippen LogP contribution in [0.15, 0.2) is 46.1 Å². The molecule has 2 heterocycles. The number of carbonyl (C=O) groups excluding carboxylic acids is 2. The molecule has 0 bridgehead atoms. The summed E-state index contributed by atoms with van der Waals surface area (Å²) >= 11 is 3.82. The molecule has 0 atom stereocenters. The van der Waals surface area contributed by atoms with Crippen LogP contribution >= 0.6 is 34.4 Å². The van der Waals surface area contributed by atoms with Crippen molar-refractivity contribution in [3.05, 3.63) is 46.7 Å². The Hall–Kier alpha value is -2.43. The van der Waals surface area contributed by atoms with Gasteiger partial charge in [0.05, 0.1) is 23.4 Å². The minimum Gasteiger partial charge on any atom is -0.495 e. The minimum absolute atomic E-state index is 0.172. The number of nitrogens with one attached hydrogen (secondary N) is 2. The molecule has 10 heteroatoms. The van der Waals surface area contributed by atoms with Crippen molar-refractivity contribution in [2.45, 2.75) is 4.34 Å². The van der Waals surface area contributed by atoms with E-state index < -0.39 is 0 Å². The lowest BCUT2D eigenvalue weighted by Crippen LogP contribution is -2.14. The van der Waals surface area contributed by atoms with Crippen LogP contribution in [-0.4, -0.2) is 34.9 Å². The quantitative estimate of drug-likeness (QED) is 0.460. The molecule has 3 rings (SSSR count). The van der Waals surface area contributed by atoms with Crippen molar-refractivity contribution in [3.63, 3.8) is 0 Å². The summed E-state index contributed by atoms with van der Waals surface area (Å²) in [6.07, 6.45) is 0. The number of anilines is 2. The summed E-state index contributed by atoms with van der Waals surface area (Å²) in [5, 5.41) is 15.6. The van der Waals surface area contributed by atoms with Crippen LogP contribution in [0.2, 0.25) is 0 Å². The Morgan fingerprint density at radius 3 is 2.77 bits per heavy atom. The number of methoxy groups -OCH3 is 1. The number of aromatic nitrogens is 2. The van der Waals surface area contributed by atoms with Gasteiger partial charge in [-0.1, -0.05) is 41.3 Å². The largest absolute Gasteiger partial charge is 0.495 e. The molecule has 0 aliphatic rings. The number of hydrogen-bond donors (Lipinski definition) is 2. The van der Waals surface area contributed by atoms with Crippen molar-refractivity contribution in [1.29, 1.82) is 0 Å². The number of hydrogen-bond acceptors (Lipinski definition) is 8. The zero-order chi connectivity index (χ0) is 18.4. The van der Waals surface area contributed by atoms with E-state index in [0.29, 0.717) is 25.8 Å².